The van der Waals surface area contributed by atoms with Crippen molar-refractivity contribution in [2.75, 3.05) is 5.88 Å². The summed E-state index contributed by atoms with van der Waals surface area (Å²) in [7, 11) is 0. The summed E-state index contributed by atoms with van der Waals surface area (Å²) >= 11 is 6.07. The predicted octanol–water partition coefficient (Wildman–Crippen LogP) is 3.06. The summed E-state index contributed by atoms with van der Waals surface area (Å²) < 4.78 is 0. The number of carbonyl (C=O) groups excluding carboxylic acids is 1. The lowest BCUT2D eigenvalue weighted by Crippen LogP contribution is -2.51. The highest BCUT2D eigenvalue weighted by Crippen LogP contribution is 2.29. The molecule has 1 aromatic rings. The molecule has 0 atom stereocenters. The summed E-state index contributed by atoms with van der Waals surface area (Å²) in [5.41, 5.74) is 1.39. The average Bonchev–Trinajstić information content (AvgIpc) is 2.40. The van der Waals surface area contributed by atoms with Gasteiger partial charge in [0, 0.05) is 18.3 Å². The number of nitrogens with one attached hydrogen (secondary N) is 1. The molecule has 0 aliphatic heterocycles. The third kappa shape index (κ3) is 3.02. The first-order chi connectivity index (χ1) is 8.65. The van der Waals surface area contributed by atoms with Crippen LogP contribution < -0.4 is 5.32 Å². The Kier molecular flexibility index (Phi) is 4.23. The first-order valence-corrected chi connectivity index (χ1v) is 6.99. The summed E-state index contributed by atoms with van der Waals surface area (Å²) in [6.45, 7) is 1.93. The van der Waals surface area contributed by atoms with Gasteiger partial charge in [0.15, 0.2) is 0 Å². The lowest BCUT2D eigenvalue weighted by atomic mass is 9.83. The largest absolute Gasteiger partial charge is 0.345 e. The Morgan fingerprint density at radius 2 is 2.11 bits per heavy atom. The van der Waals surface area contributed by atoms with Crippen molar-refractivity contribution in [3.8, 4) is 0 Å². The maximum atomic E-state index is 12.2. The molecule has 0 saturated heterocycles. The molecule has 2 rings (SSSR count). The van der Waals surface area contributed by atoms with Crippen molar-refractivity contribution in [2.24, 2.45) is 0 Å². The molecule has 1 aliphatic carbocycles. The number of aryl methyl sites for hydroxylation is 1. The molecule has 98 valence electrons. The summed E-state index contributed by atoms with van der Waals surface area (Å²) in [4.78, 5) is 16.3. The highest BCUT2D eigenvalue weighted by Gasteiger charge is 2.32. The monoisotopic (exact) mass is 266 g/mol. The molecule has 1 aliphatic rings. The molecule has 3 nitrogen and oxygen atoms in total. The molecule has 0 bridgehead atoms. The third-order valence-electron chi connectivity index (χ3n) is 3.58. The Labute approximate surface area is 113 Å². The van der Waals surface area contributed by atoms with Crippen molar-refractivity contribution in [2.45, 2.75) is 44.6 Å². The molecule has 18 heavy (non-hydrogen) atoms. The number of nitrogens with zero attached hydrogens (tertiary/aromatic N) is 1. The lowest BCUT2D eigenvalue weighted by Gasteiger charge is -2.36. The fourth-order valence-corrected chi connectivity index (χ4v) is 2.85. The Morgan fingerprint density at radius 1 is 1.39 bits per heavy atom. The van der Waals surface area contributed by atoms with E-state index in [0.29, 0.717) is 11.4 Å². The highest BCUT2D eigenvalue weighted by molar-refractivity contribution is 6.19. The fraction of sp³-hybridized carbons (Fsp3) is 0.571. The summed E-state index contributed by atoms with van der Waals surface area (Å²) in [6, 6.07) is 1.85. The SMILES string of the molecule is Cc1cncc(C(=O)NC2(CCl)CCCCC2)c1. The van der Waals surface area contributed by atoms with E-state index in [9.17, 15) is 4.79 Å². The van der Waals surface area contributed by atoms with E-state index >= 15 is 0 Å². The number of alkyl halides is 1. The molecule has 0 radical (unpaired) electrons. The number of pyridine rings is 1. The zero-order valence-corrected chi connectivity index (χ0v) is 11.5. The highest BCUT2D eigenvalue weighted by atomic mass is 35.5. The molecule has 1 saturated carbocycles. The van der Waals surface area contributed by atoms with Gasteiger partial charge >= 0.3 is 0 Å². The van der Waals surface area contributed by atoms with Crippen molar-refractivity contribution in [1.82, 2.24) is 10.3 Å². The standard InChI is InChI=1S/C14H19ClN2O/c1-11-7-12(9-16-8-11)13(18)17-14(10-15)5-3-2-4-6-14/h7-9H,2-6,10H2,1H3,(H,17,18). The third-order valence-corrected chi connectivity index (χ3v) is 4.09. The van der Waals surface area contributed by atoms with Gasteiger partial charge in [-0.1, -0.05) is 19.3 Å². The minimum absolute atomic E-state index is 0.0613. The van der Waals surface area contributed by atoms with Crippen LogP contribution >= 0.6 is 11.6 Å². The van der Waals surface area contributed by atoms with Gasteiger partial charge in [-0.05, 0) is 31.4 Å². The average molecular weight is 267 g/mol. The number of amides is 1. The van der Waals surface area contributed by atoms with Crippen LogP contribution in [0.1, 0.15) is 48.0 Å². The van der Waals surface area contributed by atoms with E-state index in [4.69, 9.17) is 11.6 Å². The molecule has 1 aromatic heterocycles. The zero-order chi connectivity index (χ0) is 13.0. The van der Waals surface area contributed by atoms with E-state index in [-0.39, 0.29) is 11.4 Å². The number of hydrogen-bond acceptors (Lipinski definition) is 2. The van der Waals surface area contributed by atoms with Gasteiger partial charge in [-0.3, -0.25) is 9.78 Å². The van der Waals surface area contributed by atoms with Crippen LogP contribution in [0.3, 0.4) is 0 Å². The number of carbonyl (C=O) groups is 1. The fourth-order valence-electron chi connectivity index (χ4n) is 2.51. The Morgan fingerprint density at radius 3 is 2.72 bits per heavy atom. The Hall–Kier alpha value is -1.09. The van der Waals surface area contributed by atoms with Crippen LogP contribution in [0.2, 0.25) is 0 Å². The lowest BCUT2D eigenvalue weighted by molar-refractivity contribution is 0.0884. The maximum Gasteiger partial charge on any atom is 0.253 e. The van der Waals surface area contributed by atoms with Crippen molar-refractivity contribution >= 4 is 17.5 Å². The van der Waals surface area contributed by atoms with Gasteiger partial charge in [0.05, 0.1) is 11.1 Å². The van der Waals surface area contributed by atoms with Gasteiger partial charge < -0.3 is 5.32 Å². The maximum absolute atomic E-state index is 12.2. The summed E-state index contributed by atoms with van der Waals surface area (Å²) in [5.74, 6) is 0.423. The molecular weight excluding hydrogens is 248 g/mol. The minimum atomic E-state index is -0.222. The summed E-state index contributed by atoms with van der Waals surface area (Å²) in [6.07, 6.45) is 8.81. The van der Waals surface area contributed by atoms with E-state index in [1.54, 1.807) is 12.4 Å². The second kappa shape index (κ2) is 5.70. The van der Waals surface area contributed by atoms with E-state index in [2.05, 4.69) is 10.3 Å². The van der Waals surface area contributed by atoms with Crippen molar-refractivity contribution < 1.29 is 4.79 Å². The van der Waals surface area contributed by atoms with E-state index in [0.717, 1.165) is 31.2 Å². The van der Waals surface area contributed by atoms with Gasteiger partial charge in [-0.15, -0.1) is 11.6 Å². The van der Waals surface area contributed by atoms with Gasteiger partial charge in [0.2, 0.25) is 0 Å². The molecular formula is C14H19ClN2O. The normalized spacial score (nSPS) is 18.3. The van der Waals surface area contributed by atoms with Crippen molar-refractivity contribution in [1.29, 1.82) is 0 Å². The Balaban J connectivity index is 2.10. The van der Waals surface area contributed by atoms with Crippen molar-refractivity contribution in [3.05, 3.63) is 29.6 Å². The van der Waals surface area contributed by atoms with Crippen LogP contribution in [0.4, 0.5) is 0 Å². The number of hydrogen-bond donors (Lipinski definition) is 1. The van der Waals surface area contributed by atoms with Gasteiger partial charge in [-0.2, -0.15) is 0 Å². The van der Waals surface area contributed by atoms with Crippen LogP contribution in [0.15, 0.2) is 18.5 Å². The van der Waals surface area contributed by atoms with Crippen molar-refractivity contribution in [3.63, 3.8) is 0 Å². The zero-order valence-electron chi connectivity index (χ0n) is 10.7. The summed E-state index contributed by atoms with van der Waals surface area (Å²) in [5, 5.41) is 3.11. The van der Waals surface area contributed by atoms with Gasteiger partial charge in [0.1, 0.15) is 0 Å². The topological polar surface area (TPSA) is 42.0 Å². The Bertz CT molecular complexity index is 428. The molecule has 4 heteroatoms. The first kappa shape index (κ1) is 13.3. The predicted molar refractivity (Wildman–Crippen MR) is 73.0 cm³/mol. The molecule has 1 fully saturated rings. The number of aromatic nitrogens is 1. The molecule has 0 unspecified atom stereocenters. The quantitative estimate of drug-likeness (QED) is 0.855. The number of rotatable bonds is 3. The molecule has 0 aromatic carbocycles. The van der Waals surface area contributed by atoms with Crippen LogP contribution in [0.25, 0.3) is 0 Å². The van der Waals surface area contributed by atoms with E-state index in [1.165, 1.54) is 6.42 Å². The van der Waals surface area contributed by atoms with Crippen LogP contribution in [-0.4, -0.2) is 22.3 Å². The molecule has 1 amide bonds. The van der Waals surface area contributed by atoms with Crippen LogP contribution in [0.5, 0.6) is 0 Å². The van der Waals surface area contributed by atoms with Crippen LogP contribution in [-0.2, 0) is 0 Å². The smallest absolute Gasteiger partial charge is 0.253 e. The molecule has 1 heterocycles. The minimum Gasteiger partial charge on any atom is -0.345 e. The second-order valence-corrected chi connectivity index (χ2v) is 5.45. The first-order valence-electron chi connectivity index (χ1n) is 6.45. The van der Waals surface area contributed by atoms with E-state index in [1.807, 2.05) is 13.0 Å². The van der Waals surface area contributed by atoms with Crippen LogP contribution in [0, 0.1) is 6.92 Å². The molecule has 0 spiro atoms. The van der Waals surface area contributed by atoms with Gasteiger partial charge in [-0.25, -0.2) is 0 Å². The molecule has 1 N–H and O–H groups in total. The van der Waals surface area contributed by atoms with Gasteiger partial charge in [0.25, 0.3) is 5.91 Å². The number of halogens is 1. The van der Waals surface area contributed by atoms with E-state index < -0.39 is 0 Å². The second-order valence-electron chi connectivity index (χ2n) is 5.18.